The fourth-order valence-corrected chi connectivity index (χ4v) is 7.11. The summed E-state index contributed by atoms with van der Waals surface area (Å²) in [6.45, 7) is 1.97. The van der Waals surface area contributed by atoms with Crippen molar-refractivity contribution in [1.82, 2.24) is 20.5 Å². The first-order valence-electron chi connectivity index (χ1n) is 16.6. The van der Waals surface area contributed by atoms with Gasteiger partial charge in [0.05, 0.1) is 0 Å². The molecule has 4 N–H and O–H groups in total. The minimum Gasteiger partial charge on any atom is -0.451 e. The average Bonchev–Trinajstić information content (AvgIpc) is 3.76. The predicted molar refractivity (Wildman–Crippen MR) is 173 cm³/mol. The summed E-state index contributed by atoms with van der Waals surface area (Å²) >= 11 is 0. The molecule has 4 amide bonds. The molecule has 5 unspecified atom stereocenters. The van der Waals surface area contributed by atoms with Gasteiger partial charge in [0.2, 0.25) is 17.6 Å². The highest BCUT2D eigenvalue weighted by molar-refractivity contribution is 6.36. The van der Waals surface area contributed by atoms with Gasteiger partial charge in [-0.1, -0.05) is 38.0 Å². The SMILES string of the molecule is CC1CC2CCCC(C2)C1NC(=O)Cn1cccc(NC(=O)C(CCC(=O)C(=O)NC2CC2)NC(=O)c2cc3ccccc3o2)c1=O. The maximum Gasteiger partial charge on any atom is 0.287 e. The molecule has 3 fully saturated rings. The second-order valence-corrected chi connectivity index (χ2v) is 13.3. The van der Waals surface area contributed by atoms with Crippen LogP contribution in [-0.2, 0) is 25.7 Å². The first-order valence-corrected chi connectivity index (χ1v) is 16.6. The molecule has 6 rings (SSSR count). The molecule has 3 aliphatic carbocycles. The van der Waals surface area contributed by atoms with Gasteiger partial charge in [0.25, 0.3) is 17.4 Å². The van der Waals surface area contributed by atoms with E-state index in [4.69, 9.17) is 4.42 Å². The number of ketones is 1. The van der Waals surface area contributed by atoms with Gasteiger partial charge in [-0.3, -0.25) is 28.8 Å². The van der Waals surface area contributed by atoms with Crippen LogP contribution in [0, 0.1) is 17.8 Å². The van der Waals surface area contributed by atoms with Gasteiger partial charge in [-0.25, -0.2) is 0 Å². The first kappa shape index (κ1) is 32.2. The number of furan rings is 1. The Kier molecular flexibility index (Phi) is 9.55. The number of pyridine rings is 1. The smallest absolute Gasteiger partial charge is 0.287 e. The number of amides is 4. The highest BCUT2D eigenvalue weighted by Gasteiger charge is 2.38. The van der Waals surface area contributed by atoms with Gasteiger partial charge in [-0.15, -0.1) is 0 Å². The molecule has 3 saturated carbocycles. The number of nitrogens with one attached hydrogen (secondary N) is 4. The van der Waals surface area contributed by atoms with Crippen molar-refractivity contribution >= 4 is 46.1 Å². The van der Waals surface area contributed by atoms with Crippen LogP contribution < -0.4 is 26.8 Å². The van der Waals surface area contributed by atoms with Crippen molar-refractivity contribution in [3.8, 4) is 0 Å². The number of carbonyl (C=O) groups is 5. The maximum atomic E-state index is 13.5. The Morgan fingerprint density at radius 1 is 0.979 bits per heavy atom. The number of hydrogen-bond acceptors (Lipinski definition) is 7. The van der Waals surface area contributed by atoms with E-state index >= 15 is 0 Å². The molecule has 0 radical (unpaired) electrons. The molecule has 0 aliphatic heterocycles. The zero-order valence-electron chi connectivity index (χ0n) is 26.5. The number of aromatic nitrogens is 1. The number of Topliss-reactive ketones (excluding diaryl/α,β-unsaturated/α-hetero) is 1. The van der Waals surface area contributed by atoms with Crippen LogP contribution in [0.25, 0.3) is 11.0 Å². The number of para-hydroxylation sites is 1. The lowest BCUT2D eigenvalue weighted by molar-refractivity contribution is -0.138. The molecule has 0 spiro atoms. The lowest BCUT2D eigenvalue weighted by atomic mass is 9.65. The molecule has 2 heterocycles. The number of carbonyl (C=O) groups excluding carboxylic acids is 5. The van der Waals surface area contributed by atoms with Crippen LogP contribution in [0.15, 0.2) is 57.9 Å². The Bertz CT molecular complexity index is 1710. The predicted octanol–water partition coefficient (Wildman–Crippen LogP) is 3.29. The van der Waals surface area contributed by atoms with Crippen LogP contribution >= 0.6 is 0 Å². The van der Waals surface area contributed by atoms with Crippen LogP contribution in [-0.4, -0.2) is 52.1 Å². The average molecular weight is 644 g/mol. The van der Waals surface area contributed by atoms with Crippen molar-refractivity contribution in [3.63, 3.8) is 0 Å². The summed E-state index contributed by atoms with van der Waals surface area (Å²) in [5.74, 6) is -1.66. The summed E-state index contributed by atoms with van der Waals surface area (Å²) in [5, 5.41) is 11.6. The van der Waals surface area contributed by atoms with E-state index in [9.17, 15) is 28.8 Å². The van der Waals surface area contributed by atoms with E-state index in [1.165, 1.54) is 35.7 Å². The zero-order chi connectivity index (χ0) is 33.1. The number of benzene rings is 1. The molecule has 12 heteroatoms. The third-order valence-corrected chi connectivity index (χ3v) is 9.67. The van der Waals surface area contributed by atoms with Gasteiger partial charge in [0.15, 0.2) is 5.76 Å². The van der Waals surface area contributed by atoms with Crippen LogP contribution in [0.5, 0.6) is 0 Å². The van der Waals surface area contributed by atoms with Gasteiger partial charge in [0, 0.05) is 30.1 Å². The van der Waals surface area contributed by atoms with Crippen molar-refractivity contribution in [2.75, 3.05) is 5.32 Å². The van der Waals surface area contributed by atoms with Gasteiger partial charge in [0.1, 0.15) is 23.9 Å². The second-order valence-electron chi connectivity index (χ2n) is 13.3. The summed E-state index contributed by atoms with van der Waals surface area (Å²) in [6, 6.07) is 10.3. The molecule has 248 valence electrons. The zero-order valence-corrected chi connectivity index (χ0v) is 26.5. The van der Waals surface area contributed by atoms with Crippen LogP contribution in [0.1, 0.15) is 75.3 Å². The van der Waals surface area contributed by atoms with E-state index in [0.717, 1.165) is 38.0 Å². The fourth-order valence-electron chi connectivity index (χ4n) is 7.11. The molecule has 3 aromatic rings. The standard InChI is InChI=1S/C35H41N5O7/c1-20-16-21-6-4-8-23(17-21)31(20)39-30(42)19-40-15-5-9-26(35(40)46)38-32(43)25(13-14-27(41)33(44)36-24-11-12-24)37-34(45)29-18-22-7-2-3-10-28(22)47-29/h2-3,5,7,9-10,15,18,20-21,23-25,31H,4,6,8,11-14,16-17,19H2,1H3,(H,36,44)(H,37,45)(H,38,43)(H,39,42). The number of nitrogens with zero attached hydrogens (tertiary/aromatic N) is 1. The lowest BCUT2D eigenvalue weighted by Crippen LogP contribution is -2.50. The van der Waals surface area contributed by atoms with Crippen molar-refractivity contribution in [2.45, 2.75) is 89.4 Å². The summed E-state index contributed by atoms with van der Waals surface area (Å²) in [7, 11) is 0. The highest BCUT2D eigenvalue weighted by Crippen LogP contribution is 2.42. The summed E-state index contributed by atoms with van der Waals surface area (Å²) in [4.78, 5) is 77.9. The van der Waals surface area contributed by atoms with Crippen LogP contribution in [0.2, 0.25) is 0 Å². The normalized spacial score (nSPS) is 22.6. The highest BCUT2D eigenvalue weighted by atomic mass is 16.3. The van der Waals surface area contributed by atoms with E-state index in [0.29, 0.717) is 22.8 Å². The minimum atomic E-state index is -1.28. The second kappa shape index (κ2) is 13.9. The largest absolute Gasteiger partial charge is 0.451 e. The Labute approximate surface area is 272 Å². The number of rotatable bonds is 12. The number of fused-ring (bicyclic) bond motifs is 3. The summed E-state index contributed by atoms with van der Waals surface area (Å²) in [6.07, 6.45) is 8.35. The fraction of sp³-hybridized carbons (Fsp3) is 0.486. The topological polar surface area (TPSA) is 169 Å². The van der Waals surface area contributed by atoms with E-state index < -0.39 is 35.1 Å². The van der Waals surface area contributed by atoms with E-state index in [1.807, 2.05) is 0 Å². The Hall–Kier alpha value is -4.74. The molecule has 1 aromatic carbocycles. The number of hydrogen-bond donors (Lipinski definition) is 4. The van der Waals surface area contributed by atoms with Crippen LogP contribution in [0.4, 0.5) is 5.69 Å². The summed E-state index contributed by atoms with van der Waals surface area (Å²) < 4.78 is 6.86. The van der Waals surface area contributed by atoms with E-state index in [1.54, 1.807) is 30.3 Å². The quantitative estimate of drug-likeness (QED) is 0.220. The first-order chi connectivity index (χ1) is 22.6. The van der Waals surface area contributed by atoms with Crippen molar-refractivity contribution < 1.29 is 28.4 Å². The molecule has 5 atom stereocenters. The minimum absolute atomic E-state index is 0.00801. The van der Waals surface area contributed by atoms with Gasteiger partial charge in [-0.05, 0) is 80.5 Å². The Balaban J connectivity index is 1.13. The molecule has 2 aromatic heterocycles. The summed E-state index contributed by atoms with van der Waals surface area (Å²) in [5.41, 5.74) is -0.194. The Morgan fingerprint density at radius 3 is 2.57 bits per heavy atom. The molecular weight excluding hydrogens is 602 g/mol. The maximum absolute atomic E-state index is 13.5. The molecule has 2 bridgehead atoms. The molecular formula is C35H41N5O7. The van der Waals surface area contributed by atoms with Crippen molar-refractivity contribution in [3.05, 3.63) is 64.8 Å². The van der Waals surface area contributed by atoms with Gasteiger partial charge >= 0.3 is 0 Å². The lowest BCUT2D eigenvalue weighted by Gasteiger charge is -2.44. The van der Waals surface area contributed by atoms with Gasteiger partial charge < -0.3 is 30.3 Å². The van der Waals surface area contributed by atoms with Gasteiger partial charge in [-0.2, -0.15) is 0 Å². The molecule has 12 nitrogen and oxygen atoms in total. The van der Waals surface area contributed by atoms with E-state index in [-0.39, 0.29) is 48.8 Å². The third kappa shape index (κ3) is 7.81. The van der Waals surface area contributed by atoms with E-state index in [2.05, 4.69) is 28.2 Å². The number of anilines is 1. The molecule has 3 aliphatic rings. The molecule has 47 heavy (non-hydrogen) atoms. The monoisotopic (exact) mass is 643 g/mol. The van der Waals surface area contributed by atoms with Crippen molar-refractivity contribution in [2.24, 2.45) is 17.8 Å². The third-order valence-electron chi connectivity index (χ3n) is 9.67. The van der Waals surface area contributed by atoms with Crippen molar-refractivity contribution in [1.29, 1.82) is 0 Å². The Morgan fingerprint density at radius 2 is 1.79 bits per heavy atom. The van der Waals surface area contributed by atoms with Crippen LogP contribution in [0.3, 0.4) is 0 Å². The molecule has 0 saturated heterocycles.